The number of nitrogens with two attached hydrogens (primary N) is 1. The zero-order valence-electron chi connectivity index (χ0n) is 4.31. The Morgan fingerprint density at radius 2 is 2.00 bits per heavy atom. The van der Waals surface area contributed by atoms with Crippen molar-refractivity contribution in [2.75, 3.05) is 13.6 Å². The van der Waals surface area contributed by atoms with Crippen LogP contribution < -0.4 is 5.84 Å². The topological polar surface area (TPSA) is 26.0 Å². The Labute approximate surface area is 38.1 Å². The van der Waals surface area contributed by atoms with Gasteiger partial charge < -0.3 is 0 Å². The van der Waals surface area contributed by atoms with Crippen molar-refractivity contribution in [1.82, 2.24) is 0 Å². The second-order valence-electron chi connectivity index (χ2n) is 2.38. The molecule has 2 unspecified atom stereocenters. The van der Waals surface area contributed by atoms with Crippen molar-refractivity contribution < 1.29 is 4.59 Å². The smallest absolute Gasteiger partial charge is 0.155 e. The quantitative estimate of drug-likeness (QED) is 0.245. The van der Waals surface area contributed by atoms with E-state index in [1.165, 1.54) is 0 Å². The van der Waals surface area contributed by atoms with Crippen molar-refractivity contribution in [3.63, 3.8) is 0 Å². The van der Waals surface area contributed by atoms with E-state index in [2.05, 4.69) is 6.92 Å². The standard InChI is InChI=1S/C4H11N2/c1-4-3-6(4,2)5/h4H,3,5H2,1-2H3/q+1. The molecule has 0 aromatic rings. The van der Waals surface area contributed by atoms with Gasteiger partial charge in [0.2, 0.25) is 0 Å². The van der Waals surface area contributed by atoms with E-state index in [9.17, 15) is 0 Å². The van der Waals surface area contributed by atoms with Gasteiger partial charge in [0, 0.05) is 0 Å². The Hall–Kier alpha value is -0.0800. The largest absolute Gasteiger partial charge is 0.239 e. The zero-order chi connectivity index (χ0) is 4.78. The minimum atomic E-state index is 0.713. The lowest BCUT2D eigenvalue weighted by atomic mass is 10.6. The SMILES string of the molecule is CC1C[N+]1(C)N. The van der Waals surface area contributed by atoms with Crippen LogP contribution in [0.15, 0.2) is 0 Å². The highest BCUT2D eigenvalue weighted by atomic mass is 15.7. The van der Waals surface area contributed by atoms with E-state index in [1.807, 2.05) is 7.05 Å². The molecule has 0 aromatic carbocycles. The maximum absolute atomic E-state index is 5.55. The molecule has 1 heterocycles. The van der Waals surface area contributed by atoms with Crippen LogP contribution in [0.1, 0.15) is 6.92 Å². The predicted molar refractivity (Wildman–Crippen MR) is 24.7 cm³/mol. The van der Waals surface area contributed by atoms with E-state index in [1.54, 1.807) is 0 Å². The summed E-state index contributed by atoms with van der Waals surface area (Å²) in [7, 11) is 2.03. The summed E-state index contributed by atoms with van der Waals surface area (Å²) in [5.74, 6) is 5.55. The third-order valence-electron chi connectivity index (χ3n) is 1.53. The van der Waals surface area contributed by atoms with E-state index in [0.29, 0.717) is 6.04 Å². The van der Waals surface area contributed by atoms with Gasteiger partial charge in [-0.2, -0.15) is 5.84 Å². The van der Waals surface area contributed by atoms with Gasteiger partial charge in [0.1, 0.15) is 0 Å². The normalized spacial score (nSPS) is 55.5. The first kappa shape index (κ1) is 4.09. The summed E-state index contributed by atoms with van der Waals surface area (Å²) in [6.07, 6.45) is 0. The Kier molecular flexibility index (Phi) is 0.524. The van der Waals surface area contributed by atoms with Crippen LogP contribution in [0.2, 0.25) is 0 Å². The fraction of sp³-hybridized carbons (Fsp3) is 1.00. The molecule has 1 aliphatic rings. The van der Waals surface area contributed by atoms with Crippen LogP contribution in [0.5, 0.6) is 0 Å². The first-order chi connectivity index (χ1) is 2.63. The summed E-state index contributed by atoms with van der Waals surface area (Å²) in [6, 6.07) is 0.713. The Morgan fingerprint density at radius 1 is 1.83 bits per heavy atom. The first-order valence-electron chi connectivity index (χ1n) is 2.27. The lowest BCUT2D eigenvalue weighted by Crippen LogP contribution is -2.30. The van der Waals surface area contributed by atoms with Gasteiger partial charge in [-0.15, -0.1) is 0 Å². The summed E-state index contributed by atoms with van der Waals surface area (Å²) in [4.78, 5) is 0. The van der Waals surface area contributed by atoms with Crippen molar-refractivity contribution in [1.29, 1.82) is 0 Å². The Bertz CT molecular complexity index is 67.9. The van der Waals surface area contributed by atoms with Gasteiger partial charge in [0.15, 0.2) is 12.6 Å². The highest BCUT2D eigenvalue weighted by Gasteiger charge is 2.44. The highest BCUT2D eigenvalue weighted by molar-refractivity contribution is 4.60. The van der Waals surface area contributed by atoms with Crippen molar-refractivity contribution in [3.8, 4) is 0 Å². The molecule has 1 saturated heterocycles. The molecule has 0 aromatic heterocycles. The van der Waals surface area contributed by atoms with Gasteiger partial charge in [-0.05, 0) is 6.92 Å². The molecule has 2 N–H and O–H groups in total. The van der Waals surface area contributed by atoms with Crippen LogP contribution in [0, 0.1) is 0 Å². The van der Waals surface area contributed by atoms with Crippen LogP contribution in [0.3, 0.4) is 0 Å². The number of rotatable bonds is 0. The minimum absolute atomic E-state index is 0.713. The van der Waals surface area contributed by atoms with Crippen LogP contribution in [0.4, 0.5) is 0 Å². The van der Waals surface area contributed by atoms with E-state index in [0.717, 1.165) is 11.1 Å². The molecule has 0 aliphatic carbocycles. The summed E-state index contributed by atoms with van der Waals surface area (Å²) < 4.78 is 0.736. The average molecular weight is 87.1 g/mol. The van der Waals surface area contributed by atoms with E-state index < -0.39 is 0 Å². The molecular formula is C4H11N2+. The van der Waals surface area contributed by atoms with Crippen LogP contribution in [-0.2, 0) is 0 Å². The van der Waals surface area contributed by atoms with Gasteiger partial charge in [0.25, 0.3) is 0 Å². The highest BCUT2D eigenvalue weighted by Crippen LogP contribution is 2.18. The van der Waals surface area contributed by atoms with Crippen molar-refractivity contribution >= 4 is 0 Å². The predicted octanol–water partition coefficient (Wildman–Crippen LogP) is -0.291. The third kappa shape index (κ3) is 0.420. The number of likely N-dealkylation sites (N-methyl/N-ethyl adjacent to an activating group) is 1. The summed E-state index contributed by atoms with van der Waals surface area (Å²) in [5.41, 5.74) is 0. The van der Waals surface area contributed by atoms with E-state index >= 15 is 0 Å². The molecule has 2 atom stereocenters. The maximum Gasteiger partial charge on any atom is 0.155 e. The van der Waals surface area contributed by atoms with Gasteiger partial charge in [-0.3, -0.25) is 0 Å². The molecule has 1 rings (SSSR count). The molecule has 36 valence electrons. The maximum atomic E-state index is 5.55. The molecule has 2 nitrogen and oxygen atoms in total. The molecular weight excluding hydrogens is 76.1 g/mol. The minimum Gasteiger partial charge on any atom is -0.239 e. The van der Waals surface area contributed by atoms with Crippen molar-refractivity contribution in [3.05, 3.63) is 0 Å². The summed E-state index contributed by atoms with van der Waals surface area (Å²) in [6.45, 7) is 3.31. The Morgan fingerprint density at radius 3 is 2.00 bits per heavy atom. The number of hydrogen-bond acceptors (Lipinski definition) is 1. The molecule has 0 radical (unpaired) electrons. The molecule has 1 aliphatic heterocycles. The monoisotopic (exact) mass is 87.1 g/mol. The van der Waals surface area contributed by atoms with Gasteiger partial charge in [-0.1, -0.05) is 0 Å². The Balaban J connectivity index is 2.41. The number of hydrogen-bond donors (Lipinski definition) is 1. The molecule has 0 amide bonds. The second-order valence-corrected chi connectivity index (χ2v) is 2.38. The lowest BCUT2D eigenvalue weighted by molar-refractivity contribution is -0.803. The molecule has 2 heteroatoms. The van der Waals surface area contributed by atoms with Crippen molar-refractivity contribution in [2.45, 2.75) is 13.0 Å². The summed E-state index contributed by atoms with van der Waals surface area (Å²) in [5, 5.41) is 0. The van der Waals surface area contributed by atoms with Gasteiger partial charge in [0.05, 0.1) is 7.05 Å². The van der Waals surface area contributed by atoms with E-state index in [-0.39, 0.29) is 0 Å². The van der Waals surface area contributed by atoms with Crippen molar-refractivity contribution in [2.24, 2.45) is 5.84 Å². The summed E-state index contributed by atoms with van der Waals surface area (Å²) >= 11 is 0. The fourth-order valence-corrected chi connectivity index (χ4v) is 0.522. The number of quaternary nitrogens is 1. The average Bonchev–Trinajstić information content (AvgIpc) is 1.73. The molecule has 0 spiro atoms. The zero-order valence-corrected chi connectivity index (χ0v) is 4.31. The van der Waals surface area contributed by atoms with Gasteiger partial charge >= 0.3 is 0 Å². The van der Waals surface area contributed by atoms with E-state index in [4.69, 9.17) is 5.84 Å². The second kappa shape index (κ2) is 0.768. The molecule has 6 heavy (non-hydrogen) atoms. The van der Waals surface area contributed by atoms with Gasteiger partial charge in [-0.25, -0.2) is 4.59 Å². The fourth-order valence-electron chi connectivity index (χ4n) is 0.522. The van der Waals surface area contributed by atoms with Crippen LogP contribution >= 0.6 is 0 Å². The number of nitrogens with zero attached hydrogens (tertiary/aromatic N) is 1. The first-order valence-corrected chi connectivity index (χ1v) is 2.27. The molecule has 0 bridgehead atoms. The molecule has 1 fully saturated rings. The molecule has 0 saturated carbocycles. The third-order valence-corrected chi connectivity index (χ3v) is 1.53. The van der Waals surface area contributed by atoms with Crippen LogP contribution in [-0.4, -0.2) is 24.2 Å². The van der Waals surface area contributed by atoms with Crippen LogP contribution in [0.25, 0.3) is 0 Å². The lowest BCUT2D eigenvalue weighted by Gasteiger charge is -1.98.